The summed E-state index contributed by atoms with van der Waals surface area (Å²) in [4.78, 5) is 36.0. The molecule has 0 atom stereocenters. The van der Waals surface area contributed by atoms with Crippen molar-refractivity contribution in [2.24, 2.45) is 0 Å². The van der Waals surface area contributed by atoms with Crippen LogP contribution >= 0.6 is 11.8 Å². The quantitative estimate of drug-likeness (QED) is 0.462. The van der Waals surface area contributed by atoms with Gasteiger partial charge in [0.15, 0.2) is 0 Å². The molecule has 126 valence electrons. The first-order valence-corrected chi connectivity index (χ1v) is 7.98. The van der Waals surface area contributed by atoms with E-state index < -0.39 is 21.9 Å². The minimum absolute atomic E-state index is 0.0731. The Bertz CT molecular complexity index is 925. The van der Waals surface area contributed by atoms with Gasteiger partial charge in [-0.3, -0.25) is 19.7 Å². The first kappa shape index (κ1) is 16.8. The second kappa shape index (κ2) is 6.48. The van der Waals surface area contributed by atoms with Crippen molar-refractivity contribution in [3.63, 3.8) is 0 Å². The Hall–Kier alpha value is -3.00. The van der Waals surface area contributed by atoms with Crippen LogP contribution in [-0.4, -0.2) is 16.1 Å². The smallest absolute Gasteiger partial charge is 0.268 e. The molecule has 0 unspecified atom stereocenters. The van der Waals surface area contributed by atoms with Gasteiger partial charge in [-0.05, 0) is 54.1 Å². The van der Waals surface area contributed by atoms with Gasteiger partial charge in [-0.2, -0.15) is 0 Å². The number of imide groups is 1. The van der Waals surface area contributed by atoms with Crippen molar-refractivity contribution in [2.75, 3.05) is 4.90 Å². The van der Waals surface area contributed by atoms with Crippen LogP contribution in [0.15, 0.2) is 53.4 Å². The molecule has 0 saturated carbocycles. The number of para-hydroxylation sites is 1. The summed E-state index contributed by atoms with van der Waals surface area (Å²) in [6.07, 6.45) is 0. The van der Waals surface area contributed by atoms with Crippen LogP contribution in [0.3, 0.4) is 0 Å². The molecule has 8 heteroatoms. The van der Waals surface area contributed by atoms with E-state index in [2.05, 4.69) is 0 Å². The number of non-ortho nitro benzene ring substituents is 1. The number of nitrogens with zero attached hydrogens (tertiary/aromatic N) is 2. The summed E-state index contributed by atoms with van der Waals surface area (Å²) in [5, 5.41) is 10.1. The van der Waals surface area contributed by atoms with Gasteiger partial charge < -0.3 is 0 Å². The third-order valence-electron chi connectivity index (χ3n) is 3.71. The zero-order valence-electron chi connectivity index (χ0n) is 12.9. The highest BCUT2D eigenvalue weighted by Gasteiger charge is 2.38. The first-order valence-electron chi connectivity index (χ1n) is 7.16. The van der Waals surface area contributed by atoms with E-state index in [1.54, 1.807) is 6.92 Å². The topological polar surface area (TPSA) is 80.5 Å². The lowest BCUT2D eigenvalue weighted by molar-refractivity contribution is -0.384. The zero-order chi connectivity index (χ0) is 18.1. The Morgan fingerprint density at radius 1 is 1.12 bits per heavy atom. The number of hydrogen-bond acceptors (Lipinski definition) is 5. The summed E-state index contributed by atoms with van der Waals surface area (Å²) in [6.45, 7) is 1.64. The Kier molecular flexibility index (Phi) is 4.37. The molecule has 1 aliphatic heterocycles. The molecule has 1 heterocycles. The van der Waals surface area contributed by atoms with E-state index in [-0.39, 0.29) is 16.3 Å². The molecule has 0 N–H and O–H groups in total. The predicted molar refractivity (Wildman–Crippen MR) is 92.6 cm³/mol. The lowest BCUT2D eigenvalue weighted by Gasteiger charge is -2.13. The van der Waals surface area contributed by atoms with Crippen molar-refractivity contribution in [2.45, 2.75) is 6.92 Å². The Labute approximate surface area is 146 Å². The Balaban J connectivity index is 1.99. The number of amides is 2. The van der Waals surface area contributed by atoms with Gasteiger partial charge >= 0.3 is 0 Å². The summed E-state index contributed by atoms with van der Waals surface area (Å²) >= 11 is 0.715. The third-order valence-corrected chi connectivity index (χ3v) is 4.76. The van der Waals surface area contributed by atoms with Crippen molar-refractivity contribution in [3.05, 3.63) is 74.9 Å². The second-order valence-electron chi connectivity index (χ2n) is 5.22. The second-order valence-corrected chi connectivity index (χ2v) is 6.18. The minimum Gasteiger partial charge on any atom is -0.268 e. The van der Waals surface area contributed by atoms with Gasteiger partial charge in [0.1, 0.15) is 5.82 Å². The van der Waals surface area contributed by atoms with E-state index in [4.69, 9.17) is 0 Å². The molecule has 0 aromatic heterocycles. The number of anilines is 1. The van der Waals surface area contributed by atoms with Gasteiger partial charge in [0.2, 0.25) is 0 Å². The standard InChI is InChI=1S/C17H11FN2O4S/c1-10(11-6-8-12(9-7-11)20(23)24)15-16(21)19(17(22)25-15)14-5-3-2-4-13(14)18/h2-9H,1H3/b15-10-. The van der Waals surface area contributed by atoms with Crippen molar-refractivity contribution >= 4 is 39.9 Å². The lowest BCUT2D eigenvalue weighted by Crippen LogP contribution is -2.28. The SMILES string of the molecule is C/C(=C1/SC(=O)N(c2ccccc2F)C1=O)c1ccc([N+](=O)[O-])cc1. The van der Waals surface area contributed by atoms with Gasteiger partial charge in [0, 0.05) is 12.1 Å². The van der Waals surface area contributed by atoms with E-state index in [0.29, 0.717) is 22.9 Å². The van der Waals surface area contributed by atoms with Gasteiger partial charge in [-0.25, -0.2) is 9.29 Å². The van der Waals surface area contributed by atoms with Crippen LogP contribution in [-0.2, 0) is 4.79 Å². The molecule has 0 bridgehead atoms. The molecule has 25 heavy (non-hydrogen) atoms. The molecule has 1 saturated heterocycles. The Morgan fingerprint density at radius 2 is 1.76 bits per heavy atom. The fourth-order valence-electron chi connectivity index (χ4n) is 2.40. The average Bonchev–Trinajstić information content (AvgIpc) is 2.89. The van der Waals surface area contributed by atoms with Crippen LogP contribution in [0.5, 0.6) is 0 Å². The molecular formula is C17H11FN2O4S. The number of allylic oxidation sites excluding steroid dienone is 1. The number of nitro groups is 1. The molecular weight excluding hydrogens is 347 g/mol. The zero-order valence-corrected chi connectivity index (χ0v) is 13.7. The largest absolute Gasteiger partial charge is 0.298 e. The number of carbonyl (C=O) groups is 2. The van der Waals surface area contributed by atoms with Crippen molar-refractivity contribution < 1.29 is 18.9 Å². The maximum absolute atomic E-state index is 13.9. The van der Waals surface area contributed by atoms with E-state index >= 15 is 0 Å². The third kappa shape index (κ3) is 3.03. The molecule has 0 aliphatic carbocycles. The highest BCUT2D eigenvalue weighted by atomic mass is 32.2. The fourth-order valence-corrected chi connectivity index (χ4v) is 3.30. The van der Waals surface area contributed by atoms with Crippen molar-refractivity contribution in [1.29, 1.82) is 0 Å². The van der Waals surface area contributed by atoms with Crippen LogP contribution in [0.1, 0.15) is 12.5 Å². The molecule has 3 rings (SSSR count). The number of hydrogen-bond donors (Lipinski definition) is 0. The molecule has 6 nitrogen and oxygen atoms in total. The lowest BCUT2D eigenvalue weighted by atomic mass is 10.1. The minimum atomic E-state index is -0.668. The number of carbonyl (C=O) groups excluding carboxylic acids is 2. The number of benzene rings is 2. The van der Waals surface area contributed by atoms with Gasteiger partial charge in [-0.15, -0.1) is 0 Å². The van der Waals surface area contributed by atoms with Gasteiger partial charge in [-0.1, -0.05) is 12.1 Å². The Morgan fingerprint density at radius 3 is 2.36 bits per heavy atom. The number of thioether (sulfide) groups is 1. The summed E-state index contributed by atoms with van der Waals surface area (Å²) in [6, 6.07) is 11.2. The van der Waals surface area contributed by atoms with E-state index in [1.165, 1.54) is 48.5 Å². The maximum atomic E-state index is 13.9. The van der Waals surface area contributed by atoms with E-state index in [0.717, 1.165) is 4.90 Å². The summed E-state index contributed by atoms with van der Waals surface area (Å²) < 4.78 is 13.9. The van der Waals surface area contributed by atoms with Gasteiger partial charge in [0.25, 0.3) is 16.8 Å². The molecule has 2 amide bonds. The van der Waals surface area contributed by atoms with Crippen LogP contribution < -0.4 is 4.90 Å². The van der Waals surface area contributed by atoms with Crippen LogP contribution in [0.25, 0.3) is 5.57 Å². The predicted octanol–water partition coefficient (Wildman–Crippen LogP) is 4.36. The number of halogens is 1. The number of nitro benzene ring substituents is 1. The molecule has 1 aliphatic rings. The highest BCUT2D eigenvalue weighted by Crippen LogP contribution is 2.39. The summed E-state index contributed by atoms with van der Waals surface area (Å²) in [5.74, 6) is -1.28. The van der Waals surface area contributed by atoms with E-state index in [1.807, 2.05) is 0 Å². The molecule has 0 radical (unpaired) electrons. The van der Waals surface area contributed by atoms with Crippen LogP contribution in [0.2, 0.25) is 0 Å². The van der Waals surface area contributed by atoms with Crippen molar-refractivity contribution in [1.82, 2.24) is 0 Å². The molecule has 0 spiro atoms. The normalized spacial score (nSPS) is 16.3. The maximum Gasteiger partial charge on any atom is 0.298 e. The van der Waals surface area contributed by atoms with Crippen LogP contribution in [0.4, 0.5) is 20.6 Å². The van der Waals surface area contributed by atoms with Crippen molar-refractivity contribution in [3.8, 4) is 0 Å². The summed E-state index contributed by atoms with van der Waals surface area (Å²) in [5.41, 5.74) is 0.897. The fraction of sp³-hybridized carbons (Fsp3) is 0.0588. The first-order chi connectivity index (χ1) is 11.9. The molecule has 2 aromatic rings. The van der Waals surface area contributed by atoms with Gasteiger partial charge in [0.05, 0.1) is 15.5 Å². The average molecular weight is 358 g/mol. The van der Waals surface area contributed by atoms with E-state index in [9.17, 15) is 24.1 Å². The summed E-state index contributed by atoms with van der Waals surface area (Å²) in [7, 11) is 0. The number of rotatable bonds is 3. The van der Waals surface area contributed by atoms with Crippen LogP contribution in [0, 0.1) is 15.9 Å². The monoisotopic (exact) mass is 358 g/mol. The molecule has 2 aromatic carbocycles. The molecule has 1 fully saturated rings. The highest BCUT2D eigenvalue weighted by molar-refractivity contribution is 8.19.